The normalized spacial score (nSPS) is 30.0. The standard InChI is InChI=1S/C33H35F3N8O2/c34-19-9-33(7-2-8-44(33)13-19)17-46-32-40-29-22(30(41-32)42-14-20-5-6-21(15-42)39-20)10-38-28(27(29)36)23-16-43(31(45)25-11-37-25)12-18-3-1-4-24(35)26(18)23/h1,3-4,10,16,19-21,25,37,39H,2,5-9,11-15,17H2/t19-,20?,21?,25+,33?/m1/s1. The van der Waals surface area contributed by atoms with E-state index in [1.165, 1.54) is 17.2 Å². The summed E-state index contributed by atoms with van der Waals surface area (Å²) in [6.45, 7) is 3.57. The molecule has 0 saturated carbocycles. The minimum atomic E-state index is -0.909. The van der Waals surface area contributed by atoms with Crippen molar-refractivity contribution in [2.45, 2.75) is 68.5 Å². The molecule has 0 aliphatic carbocycles. The Morgan fingerprint density at radius 1 is 1.13 bits per heavy atom. The van der Waals surface area contributed by atoms with Crippen molar-refractivity contribution in [3.05, 3.63) is 59.1 Å². The van der Waals surface area contributed by atoms with Crippen LogP contribution in [0.25, 0.3) is 16.5 Å². The third-order valence-corrected chi connectivity index (χ3v) is 10.6. The van der Waals surface area contributed by atoms with Crippen LogP contribution in [0.2, 0.25) is 0 Å². The van der Waals surface area contributed by atoms with E-state index in [1.807, 2.05) is 0 Å². The number of pyridine rings is 1. The molecule has 3 aromatic rings. The average Bonchev–Trinajstić information content (AvgIpc) is 3.66. The smallest absolute Gasteiger partial charge is 0.319 e. The van der Waals surface area contributed by atoms with E-state index in [-0.39, 0.29) is 53.5 Å². The zero-order valence-corrected chi connectivity index (χ0v) is 25.3. The van der Waals surface area contributed by atoms with Gasteiger partial charge in [-0.3, -0.25) is 14.7 Å². The molecule has 10 nitrogen and oxygen atoms in total. The number of rotatable bonds is 6. The van der Waals surface area contributed by atoms with Crippen molar-refractivity contribution in [2.75, 3.05) is 44.2 Å². The maximum absolute atomic E-state index is 16.9. The van der Waals surface area contributed by atoms with E-state index >= 15 is 8.78 Å². The van der Waals surface area contributed by atoms with Gasteiger partial charge >= 0.3 is 6.01 Å². The third kappa shape index (κ3) is 4.65. The van der Waals surface area contributed by atoms with Crippen LogP contribution in [0.5, 0.6) is 6.01 Å². The van der Waals surface area contributed by atoms with E-state index in [0.29, 0.717) is 61.5 Å². The van der Waals surface area contributed by atoms with Crippen LogP contribution < -0.4 is 20.3 Å². The number of nitrogens with zero attached hydrogens (tertiary/aromatic N) is 6. The van der Waals surface area contributed by atoms with Crippen LogP contribution in [0.1, 0.15) is 48.9 Å². The lowest BCUT2D eigenvalue weighted by atomic mass is 9.93. The first-order valence-electron chi connectivity index (χ1n) is 16.3. The van der Waals surface area contributed by atoms with Gasteiger partial charge in [-0.05, 0) is 43.9 Å². The molecule has 2 N–H and O–H groups in total. The zero-order valence-electron chi connectivity index (χ0n) is 25.3. The molecule has 13 heteroatoms. The van der Waals surface area contributed by atoms with Crippen LogP contribution in [-0.4, -0.2) is 99.8 Å². The lowest BCUT2D eigenvalue weighted by Crippen LogP contribution is -2.51. The van der Waals surface area contributed by atoms with Gasteiger partial charge in [0.1, 0.15) is 35.6 Å². The number of alkyl halides is 1. The Bertz CT molecular complexity index is 1770. The van der Waals surface area contributed by atoms with Crippen LogP contribution >= 0.6 is 0 Å². The maximum Gasteiger partial charge on any atom is 0.319 e. The molecule has 5 fully saturated rings. The molecule has 8 heterocycles. The van der Waals surface area contributed by atoms with Crippen molar-refractivity contribution in [1.29, 1.82) is 0 Å². The number of hydrogen-bond donors (Lipinski definition) is 2. The van der Waals surface area contributed by atoms with Gasteiger partial charge in [0, 0.05) is 68.2 Å². The van der Waals surface area contributed by atoms with Gasteiger partial charge in [0.2, 0.25) is 5.91 Å². The Labute approximate surface area is 264 Å². The van der Waals surface area contributed by atoms with Crippen molar-refractivity contribution >= 4 is 28.2 Å². The molecule has 2 aromatic heterocycles. The predicted molar refractivity (Wildman–Crippen MR) is 164 cm³/mol. The summed E-state index contributed by atoms with van der Waals surface area (Å²) in [5, 5.41) is 7.06. The number of carbonyl (C=O) groups excluding carboxylic acids is 1. The van der Waals surface area contributed by atoms with Crippen LogP contribution in [0.15, 0.2) is 30.6 Å². The molecule has 6 aliphatic rings. The highest BCUT2D eigenvalue weighted by molar-refractivity contribution is 5.95. The van der Waals surface area contributed by atoms with Gasteiger partial charge in [-0.1, -0.05) is 12.1 Å². The number of aromatic nitrogens is 3. The molecule has 240 valence electrons. The number of hydrogen-bond acceptors (Lipinski definition) is 9. The second-order valence-corrected chi connectivity index (χ2v) is 13.7. The Morgan fingerprint density at radius 2 is 1.96 bits per heavy atom. The number of halogens is 3. The average molecular weight is 633 g/mol. The molecule has 6 aliphatic heterocycles. The van der Waals surface area contributed by atoms with Gasteiger partial charge < -0.3 is 25.2 Å². The van der Waals surface area contributed by atoms with E-state index in [4.69, 9.17) is 9.72 Å². The molecule has 0 spiro atoms. The van der Waals surface area contributed by atoms with Crippen molar-refractivity contribution < 1.29 is 22.7 Å². The van der Waals surface area contributed by atoms with Crippen LogP contribution in [0.4, 0.5) is 19.0 Å². The molecule has 2 bridgehead atoms. The quantitative estimate of drug-likeness (QED) is 0.397. The van der Waals surface area contributed by atoms with Gasteiger partial charge in [-0.15, -0.1) is 0 Å². The highest BCUT2D eigenvalue weighted by Crippen LogP contribution is 2.41. The summed E-state index contributed by atoms with van der Waals surface area (Å²) in [7, 11) is 0. The summed E-state index contributed by atoms with van der Waals surface area (Å²) in [6, 6.07) is 4.96. The van der Waals surface area contributed by atoms with Crippen molar-refractivity contribution in [2.24, 2.45) is 0 Å². The van der Waals surface area contributed by atoms with Crippen molar-refractivity contribution in [3.8, 4) is 6.01 Å². The molecule has 46 heavy (non-hydrogen) atoms. The summed E-state index contributed by atoms with van der Waals surface area (Å²) >= 11 is 0. The number of fused-ring (bicyclic) bond motifs is 5. The summed E-state index contributed by atoms with van der Waals surface area (Å²) in [5.41, 5.74) is 0.447. The number of ether oxygens (including phenoxy) is 1. The fourth-order valence-corrected chi connectivity index (χ4v) is 8.34. The second-order valence-electron chi connectivity index (χ2n) is 13.7. The first kappa shape index (κ1) is 28.4. The number of amides is 1. The van der Waals surface area contributed by atoms with Crippen molar-refractivity contribution in [3.63, 3.8) is 0 Å². The minimum absolute atomic E-state index is 0.0116. The number of benzene rings is 1. The summed E-state index contributed by atoms with van der Waals surface area (Å²) in [6.07, 6.45) is 6.42. The van der Waals surface area contributed by atoms with Gasteiger partial charge in [0.05, 0.1) is 23.5 Å². The van der Waals surface area contributed by atoms with Gasteiger partial charge in [0.15, 0.2) is 5.82 Å². The maximum atomic E-state index is 16.9. The Hall–Kier alpha value is -3.81. The van der Waals surface area contributed by atoms with Crippen molar-refractivity contribution in [1.82, 2.24) is 35.4 Å². The first-order chi connectivity index (χ1) is 22.3. The van der Waals surface area contributed by atoms with E-state index in [1.54, 1.807) is 18.3 Å². The molecular weight excluding hydrogens is 597 g/mol. The van der Waals surface area contributed by atoms with Gasteiger partial charge in [0.25, 0.3) is 0 Å². The lowest BCUT2D eigenvalue weighted by Gasteiger charge is -2.34. The Balaban J connectivity index is 1.15. The SMILES string of the molecule is O=C([C@@H]1CN1)N1C=C(c2ncc3c(N4CC5CCC(C4)N5)nc(OCC45CCCN4C[C@H](F)C5)nc3c2F)c2c(F)cccc2C1. The topological polar surface area (TPSA) is 109 Å². The number of anilines is 1. The summed E-state index contributed by atoms with van der Waals surface area (Å²) < 4.78 is 53.0. The van der Waals surface area contributed by atoms with E-state index in [0.717, 1.165) is 32.2 Å². The molecule has 9 rings (SSSR count). The molecule has 1 amide bonds. The summed E-state index contributed by atoms with van der Waals surface area (Å²) in [5.74, 6) is -0.889. The Kier molecular flexibility index (Phi) is 6.55. The number of carbonyl (C=O) groups is 1. The van der Waals surface area contributed by atoms with E-state index < -0.39 is 23.3 Å². The molecule has 5 atom stereocenters. The summed E-state index contributed by atoms with van der Waals surface area (Å²) in [4.78, 5) is 32.8. The minimum Gasteiger partial charge on any atom is -0.461 e. The highest BCUT2D eigenvalue weighted by Gasteiger charge is 2.49. The third-order valence-electron chi connectivity index (χ3n) is 10.6. The van der Waals surface area contributed by atoms with E-state index in [9.17, 15) is 9.18 Å². The largest absolute Gasteiger partial charge is 0.461 e. The van der Waals surface area contributed by atoms with Crippen LogP contribution in [0.3, 0.4) is 0 Å². The number of nitrogens with one attached hydrogen (secondary N) is 2. The fourth-order valence-electron chi connectivity index (χ4n) is 8.34. The molecule has 3 unspecified atom stereocenters. The molecule has 0 radical (unpaired) electrons. The highest BCUT2D eigenvalue weighted by atomic mass is 19.1. The second kappa shape index (κ2) is 10.6. The fraction of sp³-hybridized carbons (Fsp3) is 0.515. The van der Waals surface area contributed by atoms with E-state index in [2.05, 4.69) is 30.4 Å². The monoisotopic (exact) mass is 632 g/mol. The zero-order chi connectivity index (χ0) is 31.2. The van der Waals surface area contributed by atoms with Crippen LogP contribution in [0, 0.1) is 11.6 Å². The molecule has 5 saturated heterocycles. The predicted octanol–water partition coefficient (Wildman–Crippen LogP) is 2.90. The van der Waals surface area contributed by atoms with Gasteiger partial charge in [-0.2, -0.15) is 9.97 Å². The number of piperazine rings is 1. The Morgan fingerprint density at radius 3 is 2.76 bits per heavy atom. The lowest BCUT2D eigenvalue weighted by molar-refractivity contribution is -0.128. The molecule has 1 aromatic carbocycles. The first-order valence-corrected chi connectivity index (χ1v) is 16.3. The van der Waals surface area contributed by atoms with Crippen LogP contribution in [-0.2, 0) is 11.3 Å². The van der Waals surface area contributed by atoms with Gasteiger partial charge in [-0.25, -0.2) is 13.2 Å². The molecular formula is C33H35F3N8O2.